The molecule has 0 bridgehead atoms. The number of rotatable bonds is 10. The molecule has 0 aromatic heterocycles. The summed E-state index contributed by atoms with van der Waals surface area (Å²) in [6, 6.07) is 14.6. The van der Waals surface area contributed by atoms with Crippen LogP contribution in [0.3, 0.4) is 0 Å². The van der Waals surface area contributed by atoms with Crippen molar-refractivity contribution in [2.75, 3.05) is 19.0 Å². The molecule has 0 aliphatic carbocycles. The molecule has 0 heterocycles. The van der Waals surface area contributed by atoms with Crippen molar-refractivity contribution in [2.24, 2.45) is 0 Å². The lowest BCUT2D eigenvalue weighted by Gasteiger charge is -2.11. The molecule has 0 saturated carbocycles. The number of hydrogen-bond donors (Lipinski definition) is 2. The monoisotopic (exact) mass is 395 g/mol. The predicted octanol–water partition coefficient (Wildman–Crippen LogP) is 3.20. The van der Waals surface area contributed by atoms with Gasteiger partial charge in [0.1, 0.15) is 6.42 Å². The van der Waals surface area contributed by atoms with Crippen molar-refractivity contribution in [1.82, 2.24) is 5.32 Å². The lowest BCUT2D eigenvalue weighted by atomic mass is 10.1. The van der Waals surface area contributed by atoms with Gasteiger partial charge in [0.15, 0.2) is 11.5 Å². The van der Waals surface area contributed by atoms with Crippen molar-refractivity contribution in [1.29, 1.82) is 5.26 Å². The number of anilines is 1. The minimum absolute atomic E-state index is 0.0516. The number of nitrogens with zero attached hydrogens (tertiary/aromatic N) is 1. The second-order valence-corrected chi connectivity index (χ2v) is 6.27. The van der Waals surface area contributed by atoms with Gasteiger partial charge in [0.05, 0.1) is 19.8 Å². The minimum atomic E-state index is -0.348. The summed E-state index contributed by atoms with van der Waals surface area (Å²) < 4.78 is 10.8. The fourth-order valence-corrected chi connectivity index (χ4v) is 2.67. The summed E-state index contributed by atoms with van der Waals surface area (Å²) in [7, 11) is 1.59. The van der Waals surface area contributed by atoms with Gasteiger partial charge >= 0.3 is 0 Å². The molecule has 2 N–H and O–H groups in total. The number of amides is 2. The third kappa shape index (κ3) is 7.18. The Morgan fingerprint density at radius 1 is 1.03 bits per heavy atom. The highest BCUT2D eigenvalue weighted by Crippen LogP contribution is 2.28. The molecule has 0 unspecified atom stereocenters. The van der Waals surface area contributed by atoms with E-state index in [1.807, 2.05) is 37.3 Å². The maximum absolute atomic E-state index is 12.1. The van der Waals surface area contributed by atoms with Crippen molar-refractivity contribution < 1.29 is 19.1 Å². The minimum Gasteiger partial charge on any atom is -0.493 e. The molecule has 0 aliphatic heterocycles. The first-order valence-electron chi connectivity index (χ1n) is 9.37. The average Bonchev–Trinajstić information content (AvgIpc) is 2.72. The third-order valence-corrected chi connectivity index (χ3v) is 4.14. The lowest BCUT2D eigenvalue weighted by Crippen LogP contribution is -2.23. The van der Waals surface area contributed by atoms with Gasteiger partial charge in [0, 0.05) is 18.7 Å². The molecule has 0 fully saturated rings. The van der Waals surface area contributed by atoms with Crippen molar-refractivity contribution in [3.63, 3.8) is 0 Å². The van der Waals surface area contributed by atoms with Crippen LogP contribution in [0.25, 0.3) is 0 Å². The molecule has 2 amide bonds. The standard InChI is InChI=1S/C22H25N3O4/c1-3-29-19-10-6-16(14-20(19)28-2)7-11-21(26)24-15-17-4-8-18(9-5-17)25-22(27)12-13-23/h4-6,8-10,14H,3,7,11-12,15H2,1-2H3,(H,24,26)(H,25,27). The number of aryl methyl sites for hydroxylation is 1. The topological polar surface area (TPSA) is 100 Å². The number of benzene rings is 2. The van der Waals surface area contributed by atoms with Crippen LogP contribution in [0.5, 0.6) is 11.5 Å². The number of hydrogen-bond acceptors (Lipinski definition) is 5. The van der Waals surface area contributed by atoms with Crippen LogP contribution in [0.2, 0.25) is 0 Å². The molecule has 29 heavy (non-hydrogen) atoms. The van der Waals surface area contributed by atoms with Crippen LogP contribution in [0.4, 0.5) is 5.69 Å². The molecule has 7 heteroatoms. The SMILES string of the molecule is CCOc1ccc(CCC(=O)NCc2ccc(NC(=O)CC#N)cc2)cc1OC. The van der Waals surface area contributed by atoms with Crippen molar-refractivity contribution in [3.8, 4) is 17.6 Å². The Hall–Kier alpha value is -3.53. The lowest BCUT2D eigenvalue weighted by molar-refractivity contribution is -0.121. The van der Waals surface area contributed by atoms with E-state index in [2.05, 4.69) is 10.6 Å². The van der Waals surface area contributed by atoms with Gasteiger partial charge in [-0.2, -0.15) is 5.26 Å². The van der Waals surface area contributed by atoms with Crippen LogP contribution in [0, 0.1) is 11.3 Å². The van der Waals surface area contributed by atoms with Gasteiger partial charge in [0.25, 0.3) is 0 Å². The molecule has 0 radical (unpaired) electrons. The predicted molar refractivity (Wildman–Crippen MR) is 110 cm³/mol. The molecular weight excluding hydrogens is 370 g/mol. The van der Waals surface area contributed by atoms with E-state index in [0.717, 1.165) is 11.1 Å². The first kappa shape index (κ1) is 21.8. The van der Waals surface area contributed by atoms with Gasteiger partial charge in [-0.05, 0) is 48.7 Å². The average molecular weight is 395 g/mol. The van der Waals surface area contributed by atoms with Gasteiger partial charge in [-0.3, -0.25) is 9.59 Å². The molecule has 0 spiro atoms. The van der Waals surface area contributed by atoms with Crippen molar-refractivity contribution in [3.05, 3.63) is 53.6 Å². The molecule has 0 atom stereocenters. The Kier molecular flexibility index (Phi) is 8.51. The van der Waals surface area contributed by atoms with Crippen molar-refractivity contribution >= 4 is 17.5 Å². The summed E-state index contributed by atoms with van der Waals surface area (Å²) >= 11 is 0. The number of carbonyl (C=O) groups excluding carboxylic acids is 2. The van der Waals surface area contributed by atoms with Gasteiger partial charge in [0.2, 0.25) is 11.8 Å². The summed E-state index contributed by atoms with van der Waals surface area (Å²) in [6.45, 7) is 2.87. The highest BCUT2D eigenvalue weighted by molar-refractivity contribution is 5.92. The molecule has 2 aromatic carbocycles. The Morgan fingerprint density at radius 2 is 1.76 bits per heavy atom. The maximum Gasteiger partial charge on any atom is 0.238 e. The quantitative estimate of drug-likeness (QED) is 0.643. The van der Waals surface area contributed by atoms with Crippen LogP contribution in [-0.2, 0) is 22.6 Å². The normalized spacial score (nSPS) is 9.97. The Balaban J connectivity index is 1.80. The number of methoxy groups -OCH3 is 1. The second-order valence-electron chi connectivity index (χ2n) is 6.27. The van der Waals surface area contributed by atoms with E-state index in [4.69, 9.17) is 14.7 Å². The highest BCUT2D eigenvalue weighted by Gasteiger charge is 2.08. The summed E-state index contributed by atoms with van der Waals surface area (Å²) in [5.74, 6) is 0.950. The summed E-state index contributed by atoms with van der Waals surface area (Å²) in [5.41, 5.74) is 2.53. The van der Waals surface area contributed by atoms with Crippen LogP contribution < -0.4 is 20.1 Å². The van der Waals surface area contributed by atoms with E-state index in [-0.39, 0.29) is 18.2 Å². The summed E-state index contributed by atoms with van der Waals surface area (Å²) in [4.78, 5) is 23.5. The third-order valence-electron chi connectivity index (χ3n) is 4.14. The first-order valence-corrected chi connectivity index (χ1v) is 9.37. The highest BCUT2D eigenvalue weighted by atomic mass is 16.5. The van der Waals surface area contributed by atoms with E-state index in [1.54, 1.807) is 25.3 Å². The van der Waals surface area contributed by atoms with Crippen LogP contribution in [0.1, 0.15) is 30.9 Å². The van der Waals surface area contributed by atoms with E-state index in [0.29, 0.717) is 43.2 Å². The largest absolute Gasteiger partial charge is 0.493 e. The fraction of sp³-hybridized carbons (Fsp3) is 0.318. The Morgan fingerprint density at radius 3 is 2.41 bits per heavy atom. The van der Waals surface area contributed by atoms with Crippen LogP contribution >= 0.6 is 0 Å². The zero-order chi connectivity index (χ0) is 21.1. The van der Waals surface area contributed by atoms with E-state index in [9.17, 15) is 9.59 Å². The van der Waals surface area contributed by atoms with Gasteiger partial charge in [-0.25, -0.2) is 0 Å². The number of carbonyl (C=O) groups is 2. The van der Waals surface area contributed by atoms with E-state index >= 15 is 0 Å². The summed E-state index contributed by atoms with van der Waals surface area (Å²) in [6.07, 6.45) is 0.774. The number of nitrogens with one attached hydrogen (secondary N) is 2. The molecule has 152 valence electrons. The Bertz CT molecular complexity index is 873. The second kappa shape index (κ2) is 11.3. The molecule has 7 nitrogen and oxygen atoms in total. The van der Waals surface area contributed by atoms with Gasteiger partial charge < -0.3 is 20.1 Å². The van der Waals surface area contributed by atoms with Gasteiger partial charge in [-0.15, -0.1) is 0 Å². The molecule has 0 aliphatic rings. The molecule has 2 rings (SSSR count). The zero-order valence-corrected chi connectivity index (χ0v) is 16.7. The van der Waals surface area contributed by atoms with Gasteiger partial charge in [-0.1, -0.05) is 18.2 Å². The fourth-order valence-electron chi connectivity index (χ4n) is 2.67. The summed E-state index contributed by atoms with van der Waals surface area (Å²) in [5, 5.41) is 14.0. The maximum atomic E-state index is 12.1. The smallest absolute Gasteiger partial charge is 0.238 e. The van der Waals surface area contributed by atoms with E-state index < -0.39 is 0 Å². The number of ether oxygens (including phenoxy) is 2. The van der Waals surface area contributed by atoms with Crippen LogP contribution in [-0.4, -0.2) is 25.5 Å². The molecule has 0 saturated heterocycles. The number of nitriles is 1. The van der Waals surface area contributed by atoms with Crippen molar-refractivity contribution in [2.45, 2.75) is 32.7 Å². The van der Waals surface area contributed by atoms with Crippen LogP contribution in [0.15, 0.2) is 42.5 Å². The zero-order valence-electron chi connectivity index (χ0n) is 16.7. The molecular formula is C22H25N3O4. The first-order chi connectivity index (χ1) is 14.0. The molecule has 2 aromatic rings. The van der Waals surface area contributed by atoms with E-state index in [1.165, 1.54) is 0 Å². The Labute approximate surface area is 170 Å².